The molecule has 3 aromatic heterocycles. The van der Waals surface area contributed by atoms with Gasteiger partial charge in [-0.05, 0) is 31.4 Å². The summed E-state index contributed by atoms with van der Waals surface area (Å²) in [5.74, 6) is 1.26. The SMILES string of the molecule is Cc1cc2ncnn2cc1Nc1ncc2c(n1)N(C1CCOCC1)C(=O)C2. The number of hydrogen-bond acceptors (Lipinski definition) is 7. The largest absolute Gasteiger partial charge is 0.381 e. The van der Waals surface area contributed by atoms with Gasteiger partial charge in [0.1, 0.15) is 12.1 Å². The summed E-state index contributed by atoms with van der Waals surface area (Å²) in [6.07, 6.45) is 7.14. The van der Waals surface area contributed by atoms with E-state index in [1.807, 2.05) is 24.1 Å². The predicted molar refractivity (Wildman–Crippen MR) is 98.1 cm³/mol. The number of rotatable bonds is 3. The number of aryl methyl sites for hydroxylation is 1. The molecular weight excluding hydrogens is 346 g/mol. The molecule has 0 aliphatic carbocycles. The summed E-state index contributed by atoms with van der Waals surface area (Å²) in [4.78, 5) is 27.6. The molecular formula is C18H19N7O2. The fraction of sp³-hybridized carbons (Fsp3) is 0.389. The minimum absolute atomic E-state index is 0.0866. The van der Waals surface area contributed by atoms with Crippen molar-refractivity contribution in [3.05, 3.63) is 35.9 Å². The van der Waals surface area contributed by atoms with Gasteiger partial charge in [0.15, 0.2) is 5.65 Å². The molecule has 9 nitrogen and oxygen atoms in total. The zero-order valence-electron chi connectivity index (χ0n) is 14.9. The van der Waals surface area contributed by atoms with Crippen molar-refractivity contribution in [3.8, 4) is 0 Å². The van der Waals surface area contributed by atoms with E-state index in [0.29, 0.717) is 31.4 Å². The maximum Gasteiger partial charge on any atom is 0.233 e. The summed E-state index contributed by atoms with van der Waals surface area (Å²) in [5.41, 5.74) is 3.51. The highest BCUT2D eigenvalue weighted by molar-refractivity contribution is 6.00. The van der Waals surface area contributed by atoms with Gasteiger partial charge in [0.2, 0.25) is 11.9 Å². The first kappa shape index (κ1) is 16.1. The number of hydrogen-bond donors (Lipinski definition) is 1. The molecule has 0 saturated carbocycles. The van der Waals surface area contributed by atoms with E-state index in [4.69, 9.17) is 4.74 Å². The van der Waals surface area contributed by atoms with Crippen LogP contribution in [0.15, 0.2) is 24.8 Å². The van der Waals surface area contributed by atoms with Crippen molar-refractivity contribution < 1.29 is 9.53 Å². The average Bonchev–Trinajstić information content (AvgIpc) is 3.25. The Morgan fingerprint density at radius 3 is 2.96 bits per heavy atom. The lowest BCUT2D eigenvalue weighted by Crippen LogP contribution is -2.41. The normalized spacial score (nSPS) is 17.5. The topological polar surface area (TPSA) is 97.5 Å². The summed E-state index contributed by atoms with van der Waals surface area (Å²) in [6, 6.07) is 2.09. The second-order valence-corrected chi connectivity index (χ2v) is 6.88. The van der Waals surface area contributed by atoms with E-state index in [1.54, 1.807) is 10.7 Å². The molecule has 1 fully saturated rings. The maximum absolute atomic E-state index is 12.5. The highest BCUT2D eigenvalue weighted by atomic mass is 16.5. The van der Waals surface area contributed by atoms with E-state index in [0.717, 1.165) is 35.3 Å². The summed E-state index contributed by atoms with van der Waals surface area (Å²) >= 11 is 0. The lowest BCUT2D eigenvalue weighted by Gasteiger charge is -2.30. The van der Waals surface area contributed by atoms with E-state index in [2.05, 4.69) is 25.4 Å². The summed E-state index contributed by atoms with van der Waals surface area (Å²) in [5, 5.41) is 7.41. The quantitative estimate of drug-likeness (QED) is 0.753. The Bertz CT molecular complexity index is 1030. The molecule has 5 heterocycles. The minimum atomic E-state index is 0.0866. The van der Waals surface area contributed by atoms with Crippen molar-refractivity contribution in [1.29, 1.82) is 0 Å². The number of ether oxygens (including phenoxy) is 1. The van der Waals surface area contributed by atoms with E-state index in [9.17, 15) is 4.79 Å². The smallest absolute Gasteiger partial charge is 0.233 e. The van der Waals surface area contributed by atoms with Gasteiger partial charge in [-0.25, -0.2) is 14.5 Å². The zero-order chi connectivity index (χ0) is 18.4. The lowest BCUT2D eigenvalue weighted by molar-refractivity contribution is -0.118. The van der Waals surface area contributed by atoms with Crippen LogP contribution in [0.25, 0.3) is 5.65 Å². The van der Waals surface area contributed by atoms with Crippen molar-refractivity contribution in [2.75, 3.05) is 23.4 Å². The number of nitrogens with zero attached hydrogens (tertiary/aromatic N) is 6. The Kier molecular flexibility index (Phi) is 3.75. The Balaban J connectivity index is 1.47. The van der Waals surface area contributed by atoms with E-state index >= 15 is 0 Å². The number of carbonyl (C=O) groups is 1. The number of pyridine rings is 1. The van der Waals surface area contributed by atoms with E-state index in [1.165, 1.54) is 6.33 Å². The van der Waals surface area contributed by atoms with Crippen LogP contribution in [0.5, 0.6) is 0 Å². The Labute approximate surface area is 155 Å². The molecule has 1 N–H and O–H groups in total. The summed E-state index contributed by atoms with van der Waals surface area (Å²) in [6.45, 7) is 3.34. The van der Waals surface area contributed by atoms with Crippen molar-refractivity contribution in [2.24, 2.45) is 0 Å². The molecule has 27 heavy (non-hydrogen) atoms. The third kappa shape index (κ3) is 2.80. The van der Waals surface area contributed by atoms with Crippen molar-refractivity contribution in [1.82, 2.24) is 24.6 Å². The van der Waals surface area contributed by atoms with Crippen LogP contribution in [-0.2, 0) is 16.0 Å². The van der Waals surface area contributed by atoms with Crippen molar-refractivity contribution in [2.45, 2.75) is 32.2 Å². The fourth-order valence-corrected chi connectivity index (χ4v) is 3.69. The Hall–Kier alpha value is -3.07. The van der Waals surface area contributed by atoms with Crippen LogP contribution in [0.3, 0.4) is 0 Å². The molecule has 9 heteroatoms. The molecule has 2 aliphatic heterocycles. The highest BCUT2D eigenvalue weighted by Crippen LogP contribution is 2.32. The first-order valence-electron chi connectivity index (χ1n) is 9.02. The monoisotopic (exact) mass is 365 g/mol. The van der Waals surface area contributed by atoms with Crippen LogP contribution in [-0.4, -0.2) is 49.7 Å². The highest BCUT2D eigenvalue weighted by Gasteiger charge is 2.35. The fourth-order valence-electron chi connectivity index (χ4n) is 3.69. The van der Waals surface area contributed by atoms with Crippen LogP contribution >= 0.6 is 0 Å². The summed E-state index contributed by atoms with van der Waals surface area (Å²) < 4.78 is 7.13. The van der Waals surface area contributed by atoms with Crippen molar-refractivity contribution in [3.63, 3.8) is 0 Å². The lowest BCUT2D eigenvalue weighted by atomic mass is 10.1. The molecule has 0 radical (unpaired) electrons. The number of amides is 1. The average molecular weight is 365 g/mol. The van der Waals surface area contributed by atoms with Crippen LogP contribution in [0.1, 0.15) is 24.0 Å². The van der Waals surface area contributed by atoms with Gasteiger partial charge >= 0.3 is 0 Å². The third-order valence-electron chi connectivity index (χ3n) is 5.11. The van der Waals surface area contributed by atoms with Gasteiger partial charge in [0.05, 0.1) is 18.3 Å². The standard InChI is InChI=1S/C18H19N7O2/c1-11-6-15-20-10-21-24(15)9-14(11)22-18-19-8-12-7-16(26)25(17(12)23-18)13-2-4-27-5-3-13/h6,8-10,13H,2-5,7H2,1H3,(H,19,22,23). The molecule has 1 saturated heterocycles. The first-order valence-corrected chi connectivity index (χ1v) is 9.02. The van der Waals surface area contributed by atoms with Crippen LogP contribution < -0.4 is 10.2 Å². The minimum Gasteiger partial charge on any atom is -0.381 e. The van der Waals surface area contributed by atoms with E-state index in [-0.39, 0.29) is 11.9 Å². The molecule has 0 aromatic carbocycles. The van der Waals surface area contributed by atoms with Gasteiger partial charge < -0.3 is 10.1 Å². The maximum atomic E-state index is 12.5. The van der Waals surface area contributed by atoms with Gasteiger partial charge in [0.25, 0.3) is 0 Å². The van der Waals surface area contributed by atoms with Crippen LogP contribution in [0, 0.1) is 6.92 Å². The molecule has 0 unspecified atom stereocenters. The predicted octanol–water partition coefficient (Wildman–Crippen LogP) is 1.64. The number of aromatic nitrogens is 5. The van der Waals surface area contributed by atoms with Gasteiger partial charge in [-0.2, -0.15) is 10.1 Å². The van der Waals surface area contributed by atoms with Gasteiger partial charge in [-0.1, -0.05) is 0 Å². The molecule has 138 valence electrons. The molecule has 2 aliphatic rings. The number of carbonyl (C=O) groups excluding carboxylic acids is 1. The molecule has 1 amide bonds. The first-order chi connectivity index (χ1) is 13.2. The Morgan fingerprint density at radius 2 is 2.11 bits per heavy atom. The van der Waals surface area contributed by atoms with E-state index < -0.39 is 0 Å². The van der Waals surface area contributed by atoms with Gasteiger partial charge in [0, 0.05) is 31.0 Å². The van der Waals surface area contributed by atoms with Gasteiger partial charge in [-0.3, -0.25) is 9.69 Å². The summed E-state index contributed by atoms with van der Waals surface area (Å²) in [7, 11) is 0. The number of anilines is 3. The van der Waals surface area contributed by atoms with Gasteiger partial charge in [-0.15, -0.1) is 0 Å². The molecule has 0 atom stereocenters. The third-order valence-corrected chi connectivity index (χ3v) is 5.11. The molecule has 3 aromatic rings. The number of fused-ring (bicyclic) bond motifs is 2. The second kappa shape index (κ2) is 6.27. The van der Waals surface area contributed by atoms with Crippen LogP contribution in [0.2, 0.25) is 0 Å². The van der Waals surface area contributed by atoms with Crippen molar-refractivity contribution >= 4 is 29.0 Å². The number of nitrogens with one attached hydrogen (secondary N) is 1. The zero-order valence-corrected chi connectivity index (χ0v) is 14.9. The Morgan fingerprint density at radius 1 is 1.26 bits per heavy atom. The molecule has 0 spiro atoms. The molecule has 0 bridgehead atoms. The second-order valence-electron chi connectivity index (χ2n) is 6.88. The van der Waals surface area contributed by atoms with Crippen LogP contribution in [0.4, 0.5) is 17.5 Å². The molecule has 5 rings (SSSR count).